The van der Waals surface area contributed by atoms with Crippen LogP contribution in [-0.4, -0.2) is 31.8 Å². The minimum Gasteiger partial charge on any atom is -0.392 e. The first-order valence-electron chi connectivity index (χ1n) is 13.2. The van der Waals surface area contributed by atoms with Crippen molar-refractivity contribution in [3.8, 4) is 11.3 Å². The zero-order chi connectivity index (χ0) is 24.0. The van der Waals surface area contributed by atoms with Crippen molar-refractivity contribution in [1.29, 1.82) is 0 Å². The maximum Gasteiger partial charge on any atom is 0.184 e. The van der Waals surface area contributed by atoms with Crippen LogP contribution in [0.25, 0.3) is 21.5 Å². The van der Waals surface area contributed by atoms with Crippen molar-refractivity contribution in [1.82, 2.24) is 14.5 Å². The molecule has 4 aromatic rings. The highest BCUT2D eigenvalue weighted by molar-refractivity contribution is 7.22. The fourth-order valence-electron chi connectivity index (χ4n) is 8.50. The standard InChI is InChI=1S/C29H29FN4OS/c30-20-5-3-4-19-23-14-31-15-34(23)22(26(19)20)10-25(35)29-11-16-8-17(12-29)27(18(9-16)13-29)33-28-32-21-6-1-2-7-24(21)36-28/h1-7,14-18,22,25,27,35H,8-13H2,(H,32,33). The Morgan fingerprint density at radius 2 is 1.94 bits per heavy atom. The van der Waals surface area contributed by atoms with Gasteiger partial charge in [-0.2, -0.15) is 0 Å². The average molecular weight is 501 g/mol. The number of rotatable bonds is 5. The van der Waals surface area contributed by atoms with Crippen molar-refractivity contribution >= 4 is 26.7 Å². The Balaban J connectivity index is 1.06. The molecule has 9 rings (SSSR count). The van der Waals surface area contributed by atoms with Crippen LogP contribution in [0.4, 0.5) is 9.52 Å². The molecule has 4 fully saturated rings. The van der Waals surface area contributed by atoms with Crippen LogP contribution in [0.15, 0.2) is 55.0 Å². The molecule has 0 spiro atoms. The van der Waals surface area contributed by atoms with E-state index in [0.717, 1.165) is 41.2 Å². The van der Waals surface area contributed by atoms with E-state index >= 15 is 4.39 Å². The minimum absolute atomic E-state index is 0.0724. The van der Waals surface area contributed by atoms with Crippen LogP contribution in [0.5, 0.6) is 0 Å². The monoisotopic (exact) mass is 500 g/mol. The lowest BCUT2D eigenvalue weighted by molar-refractivity contribution is -0.129. The average Bonchev–Trinajstić information content (AvgIpc) is 3.57. The first-order chi connectivity index (χ1) is 17.6. The smallest absolute Gasteiger partial charge is 0.184 e. The van der Waals surface area contributed by atoms with Gasteiger partial charge in [0.05, 0.1) is 40.6 Å². The Morgan fingerprint density at radius 1 is 1.11 bits per heavy atom. The molecular weight excluding hydrogens is 471 g/mol. The maximum absolute atomic E-state index is 15.0. The first-order valence-corrected chi connectivity index (χ1v) is 14.0. The predicted molar refractivity (Wildman–Crippen MR) is 139 cm³/mol. The van der Waals surface area contributed by atoms with Crippen LogP contribution < -0.4 is 5.32 Å². The number of thiazole rings is 1. The number of hydrogen-bond acceptors (Lipinski definition) is 5. The van der Waals surface area contributed by atoms with E-state index < -0.39 is 6.10 Å². The molecular formula is C29H29FN4OS. The number of nitrogens with zero attached hydrogens (tertiary/aromatic N) is 3. The van der Waals surface area contributed by atoms with E-state index in [0.29, 0.717) is 35.8 Å². The van der Waals surface area contributed by atoms with Crippen LogP contribution in [0.3, 0.4) is 0 Å². The molecule has 1 aliphatic heterocycles. The Hall–Kier alpha value is -2.77. The SMILES string of the molecule is OC(CC1c2c(F)cccc2-c2cncn21)C12CC3CC(C1)C(Nc1nc4ccccc4s1)C(C3)C2. The van der Waals surface area contributed by atoms with Crippen molar-refractivity contribution in [3.63, 3.8) is 0 Å². The van der Waals surface area contributed by atoms with Crippen LogP contribution in [-0.2, 0) is 0 Å². The molecule has 2 N–H and O–H groups in total. The van der Waals surface area contributed by atoms with Gasteiger partial charge in [0.1, 0.15) is 5.82 Å². The summed E-state index contributed by atoms with van der Waals surface area (Å²) in [7, 11) is 0. The highest BCUT2D eigenvalue weighted by Crippen LogP contribution is 2.63. The fourth-order valence-corrected chi connectivity index (χ4v) is 9.41. The molecule has 4 bridgehead atoms. The number of imidazole rings is 1. The molecule has 2 aromatic heterocycles. The highest BCUT2D eigenvalue weighted by Gasteiger charge is 2.58. The Kier molecular flexibility index (Phi) is 4.51. The van der Waals surface area contributed by atoms with Crippen molar-refractivity contribution in [2.75, 3.05) is 5.32 Å². The van der Waals surface area contributed by atoms with E-state index in [1.54, 1.807) is 29.8 Å². The van der Waals surface area contributed by atoms with Gasteiger partial charge in [-0.15, -0.1) is 0 Å². The fraction of sp³-hybridized carbons (Fsp3) is 0.448. The largest absolute Gasteiger partial charge is 0.392 e. The van der Waals surface area contributed by atoms with E-state index in [9.17, 15) is 5.11 Å². The number of aliphatic hydroxyl groups excluding tert-OH is 1. The van der Waals surface area contributed by atoms with Gasteiger partial charge in [0.25, 0.3) is 0 Å². The third-order valence-electron chi connectivity index (χ3n) is 9.72. The van der Waals surface area contributed by atoms with Crippen LogP contribution >= 0.6 is 11.3 Å². The summed E-state index contributed by atoms with van der Waals surface area (Å²) in [5.41, 5.74) is 3.57. The maximum atomic E-state index is 15.0. The van der Waals surface area contributed by atoms with Gasteiger partial charge in [-0.1, -0.05) is 35.6 Å². The van der Waals surface area contributed by atoms with E-state index in [4.69, 9.17) is 4.98 Å². The lowest BCUT2D eigenvalue weighted by atomic mass is 9.46. The Morgan fingerprint density at radius 3 is 2.78 bits per heavy atom. The molecule has 0 saturated heterocycles. The van der Waals surface area contributed by atoms with Crippen molar-refractivity contribution < 1.29 is 9.50 Å². The summed E-state index contributed by atoms with van der Waals surface area (Å²) in [5.74, 6) is 1.60. The van der Waals surface area contributed by atoms with Gasteiger partial charge in [-0.05, 0) is 79.9 Å². The van der Waals surface area contributed by atoms with Crippen molar-refractivity contribution in [3.05, 3.63) is 66.4 Å². The number of aromatic nitrogens is 3. The van der Waals surface area contributed by atoms with Gasteiger partial charge < -0.3 is 15.0 Å². The Bertz CT molecular complexity index is 1430. The molecule has 4 atom stereocenters. The Labute approximate surface area is 213 Å². The lowest BCUT2D eigenvalue weighted by Crippen LogP contribution is -2.59. The van der Waals surface area contributed by atoms with Gasteiger partial charge in [0.15, 0.2) is 5.13 Å². The van der Waals surface area contributed by atoms with Crippen LogP contribution in [0, 0.1) is 29.0 Å². The quantitative estimate of drug-likeness (QED) is 0.340. The van der Waals surface area contributed by atoms with Gasteiger partial charge in [0, 0.05) is 17.2 Å². The third kappa shape index (κ3) is 3.02. The number of para-hydroxylation sites is 1. The number of hydrogen-bond donors (Lipinski definition) is 2. The molecule has 5 aliphatic rings. The number of anilines is 1. The van der Waals surface area contributed by atoms with Crippen molar-refractivity contribution in [2.45, 2.75) is 56.7 Å². The summed E-state index contributed by atoms with van der Waals surface area (Å²) < 4.78 is 18.3. The molecule has 4 unspecified atom stereocenters. The topological polar surface area (TPSA) is 63.0 Å². The van der Waals surface area contributed by atoms with Gasteiger partial charge in [-0.3, -0.25) is 0 Å². The second-order valence-corrected chi connectivity index (χ2v) is 12.7. The number of fused-ring (bicyclic) bond motifs is 4. The summed E-state index contributed by atoms with van der Waals surface area (Å²) >= 11 is 1.74. The zero-order valence-electron chi connectivity index (χ0n) is 20.0. The summed E-state index contributed by atoms with van der Waals surface area (Å²) in [4.78, 5) is 9.18. The molecule has 3 heterocycles. The summed E-state index contributed by atoms with van der Waals surface area (Å²) in [6.07, 6.45) is 9.34. The van der Waals surface area contributed by atoms with Gasteiger partial charge in [-0.25, -0.2) is 14.4 Å². The highest BCUT2D eigenvalue weighted by atomic mass is 32.1. The number of aliphatic hydroxyl groups is 1. The van der Waals surface area contributed by atoms with Crippen LogP contribution in [0.2, 0.25) is 0 Å². The molecule has 36 heavy (non-hydrogen) atoms. The second-order valence-electron chi connectivity index (χ2n) is 11.6. The first kappa shape index (κ1) is 21.3. The molecule has 4 saturated carbocycles. The molecule has 0 amide bonds. The number of benzene rings is 2. The summed E-state index contributed by atoms with van der Waals surface area (Å²) in [6.45, 7) is 0. The van der Waals surface area contributed by atoms with Crippen molar-refractivity contribution in [2.24, 2.45) is 23.2 Å². The molecule has 184 valence electrons. The predicted octanol–water partition coefficient (Wildman–Crippen LogP) is 6.26. The third-order valence-corrected chi connectivity index (χ3v) is 10.7. The van der Waals surface area contributed by atoms with E-state index in [1.165, 1.54) is 17.5 Å². The minimum atomic E-state index is -0.459. The number of nitrogens with one attached hydrogen (secondary N) is 1. The lowest BCUT2D eigenvalue weighted by Gasteiger charge is -2.61. The molecule has 0 radical (unpaired) electrons. The summed E-state index contributed by atoms with van der Waals surface area (Å²) in [6, 6.07) is 13.8. The molecule has 5 nitrogen and oxygen atoms in total. The second kappa shape index (κ2) is 7.62. The van der Waals surface area contributed by atoms with E-state index in [2.05, 4.69) is 33.1 Å². The summed E-state index contributed by atoms with van der Waals surface area (Å²) in [5, 5.41) is 16.7. The molecule has 4 aliphatic carbocycles. The van der Waals surface area contributed by atoms with E-state index in [1.807, 2.05) is 18.3 Å². The van der Waals surface area contributed by atoms with Gasteiger partial charge in [0.2, 0.25) is 0 Å². The molecule has 2 aromatic carbocycles. The normalized spacial score (nSPS) is 32.6. The molecule has 7 heteroatoms. The van der Waals surface area contributed by atoms with E-state index in [-0.39, 0.29) is 17.3 Å². The van der Waals surface area contributed by atoms with Crippen LogP contribution in [0.1, 0.15) is 50.1 Å². The van der Waals surface area contributed by atoms with Gasteiger partial charge >= 0.3 is 0 Å². The zero-order valence-corrected chi connectivity index (χ0v) is 20.8. The number of halogens is 1.